The van der Waals surface area contributed by atoms with E-state index in [4.69, 9.17) is 14.2 Å². The lowest BCUT2D eigenvalue weighted by Gasteiger charge is -2.15. The molecule has 0 aliphatic rings. The number of aromatic nitrogens is 1. The Morgan fingerprint density at radius 1 is 0.926 bits per heavy atom. The summed E-state index contributed by atoms with van der Waals surface area (Å²) in [5, 5.41) is 3.81. The van der Waals surface area contributed by atoms with Crippen molar-refractivity contribution in [1.29, 1.82) is 0 Å². The number of amides is 1. The average Bonchev–Trinajstić information content (AvgIpc) is 2.66. The highest BCUT2D eigenvalue weighted by Crippen LogP contribution is 2.40. The standard InChI is InChI=1S/C21H22N2O4/c1-12-6-7-17-14(8-12)9-16(13(2)22-17)21(24)23-15-10-18(25-3)20(27-5)19(11-15)26-4/h6-11H,1-5H3,(H,23,24). The Morgan fingerprint density at radius 2 is 1.59 bits per heavy atom. The van der Waals surface area contributed by atoms with Gasteiger partial charge in [-0.1, -0.05) is 11.6 Å². The highest BCUT2D eigenvalue weighted by atomic mass is 16.5. The first-order valence-corrected chi connectivity index (χ1v) is 8.46. The van der Waals surface area contributed by atoms with Gasteiger partial charge in [0.1, 0.15) is 0 Å². The molecule has 0 radical (unpaired) electrons. The number of anilines is 1. The molecule has 6 nitrogen and oxygen atoms in total. The van der Waals surface area contributed by atoms with Gasteiger partial charge in [-0.15, -0.1) is 0 Å². The van der Waals surface area contributed by atoms with Crippen molar-refractivity contribution < 1.29 is 19.0 Å². The molecule has 0 bridgehead atoms. The molecule has 0 saturated carbocycles. The maximum absolute atomic E-state index is 12.9. The Kier molecular flexibility index (Phi) is 5.16. The maximum atomic E-state index is 12.9. The van der Waals surface area contributed by atoms with Crippen LogP contribution in [0.15, 0.2) is 36.4 Å². The van der Waals surface area contributed by atoms with Gasteiger partial charge in [0, 0.05) is 23.2 Å². The minimum atomic E-state index is -0.252. The monoisotopic (exact) mass is 366 g/mol. The number of rotatable bonds is 5. The number of pyridine rings is 1. The summed E-state index contributed by atoms with van der Waals surface area (Å²) in [6.45, 7) is 3.83. The minimum Gasteiger partial charge on any atom is -0.493 e. The number of aryl methyl sites for hydroxylation is 2. The highest BCUT2D eigenvalue weighted by Gasteiger charge is 2.17. The van der Waals surface area contributed by atoms with Crippen molar-refractivity contribution in [3.05, 3.63) is 53.2 Å². The quantitative estimate of drug-likeness (QED) is 0.735. The van der Waals surface area contributed by atoms with Gasteiger partial charge in [0.25, 0.3) is 5.91 Å². The van der Waals surface area contributed by atoms with Crippen molar-refractivity contribution in [3.63, 3.8) is 0 Å². The Balaban J connectivity index is 1.98. The summed E-state index contributed by atoms with van der Waals surface area (Å²) in [5.41, 5.74) is 3.70. The van der Waals surface area contributed by atoms with Crippen LogP contribution in [0.4, 0.5) is 5.69 Å². The fourth-order valence-electron chi connectivity index (χ4n) is 2.97. The molecule has 0 saturated heterocycles. The molecule has 0 spiro atoms. The van der Waals surface area contributed by atoms with Crippen LogP contribution >= 0.6 is 0 Å². The number of methoxy groups -OCH3 is 3. The zero-order valence-corrected chi connectivity index (χ0v) is 16.0. The molecule has 140 valence electrons. The number of fused-ring (bicyclic) bond motifs is 1. The first kappa shape index (κ1) is 18.5. The van der Waals surface area contributed by atoms with Gasteiger partial charge in [-0.05, 0) is 32.0 Å². The van der Waals surface area contributed by atoms with Crippen LogP contribution in [0.25, 0.3) is 10.9 Å². The van der Waals surface area contributed by atoms with Gasteiger partial charge >= 0.3 is 0 Å². The smallest absolute Gasteiger partial charge is 0.257 e. The van der Waals surface area contributed by atoms with Crippen molar-refractivity contribution >= 4 is 22.5 Å². The zero-order valence-electron chi connectivity index (χ0n) is 16.0. The topological polar surface area (TPSA) is 69.7 Å². The molecule has 1 amide bonds. The number of benzene rings is 2. The Hall–Kier alpha value is -3.28. The summed E-state index contributed by atoms with van der Waals surface area (Å²) < 4.78 is 16.0. The molecule has 1 aromatic heterocycles. The van der Waals surface area contributed by atoms with E-state index < -0.39 is 0 Å². The Bertz CT molecular complexity index is 989. The van der Waals surface area contributed by atoms with Gasteiger partial charge in [0.05, 0.1) is 38.1 Å². The fraction of sp³-hybridized carbons (Fsp3) is 0.238. The van der Waals surface area contributed by atoms with Crippen LogP contribution in [0.2, 0.25) is 0 Å². The summed E-state index contributed by atoms with van der Waals surface area (Å²) in [4.78, 5) is 17.4. The number of ether oxygens (including phenoxy) is 3. The summed E-state index contributed by atoms with van der Waals surface area (Å²) in [5.74, 6) is 1.15. The molecule has 0 unspecified atom stereocenters. The van der Waals surface area contributed by atoms with E-state index >= 15 is 0 Å². The van der Waals surface area contributed by atoms with E-state index in [0.29, 0.717) is 34.2 Å². The molecule has 27 heavy (non-hydrogen) atoms. The summed E-state index contributed by atoms with van der Waals surface area (Å²) in [6, 6.07) is 11.2. The van der Waals surface area contributed by atoms with Crippen molar-refractivity contribution in [2.75, 3.05) is 26.6 Å². The third-order valence-corrected chi connectivity index (χ3v) is 4.33. The van der Waals surface area contributed by atoms with Crippen LogP contribution in [0.1, 0.15) is 21.6 Å². The highest BCUT2D eigenvalue weighted by molar-refractivity contribution is 6.07. The molecule has 0 fully saturated rings. The second-order valence-corrected chi connectivity index (χ2v) is 6.19. The number of carbonyl (C=O) groups is 1. The number of hydrogen-bond acceptors (Lipinski definition) is 5. The molecule has 0 atom stereocenters. The van der Waals surface area contributed by atoms with E-state index in [1.165, 1.54) is 21.3 Å². The summed E-state index contributed by atoms with van der Waals surface area (Å²) >= 11 is 0. The first-order valence-electron chi connectivity index (χ1n) is 8.46. The number of hydrogen-bond donors (Lipinski definition) is 1. The molecule has 3 rings (SSSR count). The van der Waals surface area contributed by atoms with Crippen LogP contribution in [-0.4, -0.2) is 32.2 Å². The SMILES string of the molecule is COc1cc(NC(=O)c2cc3cc(C)ccc3nc2C)cc(OC)c1OC. The van der Waals surface area contributed by atoms with Crippen molar-refractivity contribution in [2.24, 2.45) is 0 Å². The molecule has 3 aromatic rings. The molecule has 0 aliphatic heterocycles. The lowest BCUT2D eigenvalue weighted by Crippen LogP contribution is -2.14. The summed E-state index contributed by atoms with van der Waals surface area (Å²) in [7, 11) is 4.59. The van der Waals surface area contributed by atoms with E-state index in [0.717, 1.165) is 16.5 Å². The van der Waals surface area contributed by atoms with Gasteiger partial charge < -0.3 is 19.5 Å². The van der Waals surface area contributed by atoms with E-state index in [9.17, 15) is 4.79 Å². The van der Waals surface area contributed by atoms with Crippen LogP contribution < -0.4 is 19.5 Å². The van der Waals surface area contributed by atoms with E-state index in [2.05, 4.69) is 10.3 Å². The van der Waals surface area contributed by atoms with E-state index in [-0.39, 0.29) is 5.91 Å². The summed E-state index contributed by atoms with van der Waals surface area (Å²) in [6.07, 6.45) is 0. The van der Waals surface area contributed by atoms with E-state index in [1.54, 1.807) is 12.1 Å². The third kappa shape index (κ3) is 3.65. The van der Waals surface area contributed by atoms with Crippen molar-refractivity contribution in [2.45, 2.75) is 13.8 Å². The van der Waals surface area contributed by atoms with Gasteiger partial charge in [-0.3, -0.25) is 9.78 Å². The number of nitrogens with zero attached hydrogens (tertiary/aromatic N) is 1. The number of nitrogens with one attached hydrogen (secondary N) is 1. The molecule has 0 aliphatic carbocycles. The molecular weight excluding hydrogens is 344 g/mol. The zero-order chi connectivity index (χ0) is 19.6. The predicted molar refractivity (Wildman–Crippen MR) is 105 cm³/mol. The molecule has 2 aromatic carbocycles. The maximum Gasteiger partial charge on any atom is 0.257 e. The van der Waals surface area contributed by atoms with Gasteiger partial charge in [0.15, 0.2) is 11.5 Å². The molecule has 1 N–H and O–H groups in total. The van der Waals surface area contributed by atoms with Crippen LogP contribution in [0.5, 0.6) is 17.2 Å². The van der Waals surface area contributed by atoms with Crippen molar-refractivity contribution in [1.82, 2.24) is 4.98 Å². The average molecular weight is 366 g/mol. The minimum absolute atomic E-state index is 0.252. The lowest BCUT2D eigenvalue weighted by atomic mass is 10.1. The predicted octanol–water partition coefficient (Wildman–Crippen LogP) is 4.13. The Labute approximate surface area is 158 Å². The second kappa shape index (κ2) is 7.53. The molecule has 6 heteroatoms. The molecule has 1 heterocycles. The van der Waals surface area contributed by atoms with Gasteiger partial charge in [0.2, 0.25) is 5.75 Å². The fourth-order valence-corrected chi connectivity index (χ4v) is 2.97. The van der Waals surface area contributed by atoms with Gasteiger partial charge in [-0.2, -0.15) is 0 Å². The van der Waals surface area contributed by atoms with Gasteiger partial charge in [-0.25, -0.2) is 0 Å². The third-order valence-electron chi connectivity index (χ3n) is 4.33. The van der Waals surface area contributed by atoms with Crippen LogP contribution in [-0.2, 0) is 0 Å². The van der Waals surface area contributed by atoms with Crippen LogP contribution in [0, 0.1) is 13.8 Å². The van der Waals surface area contributed by atoms with E-state index in [1.807, 2.05) is 38.1 Å². The Morgan fingerprint density at radius 3 is 2.19 bits per heavy atom. The van der Waals surface area contributed by atoms with Crippen LogP contribution in [0.3, 0.4) is 0 Å². The van der Waals surface area contributed by atoms with Crippen molar-refractivity contribution in [3.8, 4) is 17.2 Å². The normalized spacial score (nSPS) is 10.6. The first-order chi connectivity index (χ1) is 13.0. The lowest BCUT2D eigenvalue weighted by molar-refractivity contribution is 0.102. The number of carbonyl (C=O) groups excluding carboxylic acids is 1. The second-order valence-electron chi connectivity index (χ2n) is 6.19. The molecular formula is C21H22N2O4. The largest absolute Gasteiger partial charge is 0.493 e.